The monoisotopic (exact) mass is 368 g/mol. The smallest absolute Gasteiger partial charge is 0.305 e. The molecular weight excluding hydrogens is 348 g/mol. The van der Waals surface area contributed by atoms with Crippen LogP contribution < -0.4 is 9.61 Å². The molecule has 0 amide bonds. The van der Waals surface area contributed by atoms with Crippen molar-refractivity contribution in [3.63, 3.8) is 0 Å². The van der Waals surface area contributed by atoms with E-state index in [1.165, 1.54) is 4.31 Å². The van der Waals surface area contributed by atoms with Gasteiger partial charge in [0.05, 0.1) is 12.6 Å². The van der Waals surface area contributed by atoms with Gasteiger partial charge in [-0.25, -0.2) is 8.42 Å². The van der Waals surface area contributed by atoms with Crippen molar-refractivity contribution in [2.45, 2.75) is 36.9 Å². The van der Waals surface area contributed by atoms with Crippen LogP contribution in [0.15, 0.2) is 33.3 Å². The summed E-state index contributed by atoms with van der Waals surface area (Å²) in [6.07, 6.45) is 1.57. The average molecular weight is 368 g/mol. The van der Waals surface area contributed by atoms with Crippen molar-refractivity contribution in [3.05, 3.63) is 45.2 Å². The van der Waals surface area contributed by atoms with E-state index in [1.54, 1.807) is 6.92 Å². The molecule has 1 aromatic carbocycles. The molecule has 6 nitrogen and oxygen atoms in total. The minimum Gasteiger partial charge on any atom is -0.494 e. The van der Waals surface area contributed by atoms with Gasteiger partial charge in [0.25, 0.3) is 10.0 Å². The van der Waals surface area contributed by atoms with Crippen molar-refractivity contribution in [3.8, 4) is 5.75 Å². The largest absolute Gasteiger partial charge is 0.494 e. The third-order valence-corrected chi connectivity index (χ3v) is 7.59. The normalized spacial score (nSPS) is 18.8. The van der Waals surface area contributed by atoms with Gasteiger partial charge in [0.15, 0.2) is 4.21 Å². The van der Waals surface area contributed by atoms with Gasteiger partial charge >= 0.3 is 4.87 Å². The van der Waals surface area contributed by atoms with Gasteiger partial charge in [0.2, 0.25) is 0 Å². The number of benzene rings is 1. The Morgan fingerprint density at radius 2 is 2.04 bits per heavy atom. The molecule has 1 aliphatic heterocycles. The summed E-state index contributed by atoms with van der Waals surface area (Å²) >= 11 is 0.754. The fraction of sp³-hybridized carbons (Fsp3) is 0.438. The summed E-state index contributed by atoms with van der Waals surface area (Å²) < 4.78 is 33.0. The second kappa shape index (κ2) is 6.70. The summed E-state index contributed by atoms with van der Waals surface area (Å²) in [6, 6.07) is 7.34. The number of aromatic nitrogens is 1. The third kappa shape index (κ3) is 3.13. The molecule has 0 bridgehead atoms. The van der Waals surface area contributed by atoms with Crippen LogP contribution in [0.3, 0.4) is 0 Å². The van der Waals surface area contributed by atoms with Gasteiger partial charge in [0, 0.05) is 12.2 Å². The zero-order chi connectivity index (χ0) is 17.3. The Bertz CT molecular complexity index is 868. The Kier molecular flexibility index (Phi) is 4.80. The molecule has 1 unspecified atom stereocenters. The molecule has 1 aromatic heterocycles. The number of sulfonamides is 1. The van der Waals surface area contributed by atoms with Gasteiger partial charge in [-0.1, -0.05) is 23.5 Å². The number of rotatable bonds is 5. The van der Waals surface area contributed by atoms with E-state index in [0.29, 0.717) is 18.8 Å². The van der Waals surface area contributed by atoms with E-state index in [-0.39, 0.29) is 15.1 Å². The molecule has 1 atom stereocenters. The summed E-state index contributed by atoms with van der Waals surface area (Å²) in [5, 5.41) is 0. The number of aryl methyl sites for hydroxylation is 1. The number of thiazole rings is 1. The third-order valence-electron chi connectivity index (χ3n) is 4.10. The second-order valence-corrected chi connectivity index (χ2v) is 8.77. The summed E-state index contributed by atoms with van der Waals surface area (Å²) in [6.45, 7) is 4.59. The maximum Gasteiger partial charge on any atom is 0.305 e. The molecule has 24 heavy (non-hydrogen) atoms. The van der Waals surface area contributed by atoms with Crippen molar-refractivity contribution in [2.75, 3.05) is 13.2 Å². The van der Waals surface area contributed by atoms with Crippen LogP contribution in [0.2, 0.25) is 0 Å². The van der Waals surface area contributed by atoms with Crippen molar-refractivity contribution >= 4 is 21.4 Å². The lowest BCUT2D eigenvalue weighted by molar-refractivity contribution is 0.339. The number of aromatic amines is 1. The van der Waals surface area contributed by atoms with E-state index >= 15 is 0 Å². The van der Waals surface area contributed by atoms with E-state index in [9.17, 15) is 13.2 Å². The van der Waals surface area contributed by atoms with Crippen LogP contribution in [0.4, 0.5) is 0 Å². The average Bonchev–Trinajstić information content (AvgIpc) is 3.15. The van der Waals surface area contributed by atoms with Crippen LogP contribution in [0.1, 0.15) is 37.1 Å². The van der Waals surface area contributed by atoms with Crippen LogP contribution >= 0.6 is 11.3 Å². The molecule has 2 heterocycles. The maximum absolute atomic E-state index is 13.0. The van der Waals surface area contributed by atoms with Crippen LogP contribution in [-0.2, 0) is 10.0 Å². The first-order chi connectivity index (χ1) is 11.4. The van der Waals surface area contributed by atoms with Crippen LogP contribution in [0, 0.1) is 6.92 Å². The first-order valence-electron chi connectivity index (χ1n) is 7.88. The lowest BCUT2D eigenvalue weighted by Crippen LogP contribution is -2.30. The van der Waals surface area contributed by atoms with Gasteiger partial charge in [-0.15, -0.1) is 0 Å². The molecule has 130 valence electrons. The number of hydrogen-bond acceptors (Lipinski definition) is 5. The highest BCUT2D eigenvalue weighted by Gasteiger charge is 2.38. The lowest BCUT2D eigenvalue weighted by Gasteiger charge is -2.24. The Labute approximate surface area is 145 Å². The molecule has 0 aliphatic carbocycles. The zero-order valence-electron chi connectivity index (χ0n) is 13.6. The lowest BCUT2D eigenvalue weighted by atomic mass is 10.1. The Hall–Kier alpha value is -1.64. The fourth-order valence-electron chi connectivity index (χ4n) is 3.06. The standard InChI is InChI=1S/C16H20N2O4S2/c1-3-22-13-8-6-12(7-9-13)14-5-4-10-18(14)24(20,21)15-11(2)17-16(19)23-15/h6-9,14H,3-5,10H2,1-2H3,(H,17,19). The van der Waals surface area contributed by atoms with Gasteiger partial charge in [-0.2, -0.15) is 4.31 Å². The van der Waals surface area contributed by atoms with E-state index in [0.717, 1.165) is 35.5 Å². The summed E-state index contributed by atoms with van der Waals surface area (Å²) in [5.74, 6) is 0.772. The van der Waals surface area contributed by atoms with E-state index < -0.39 is 10.0 Å². The highest BCUT2D eigenvalue weighted by molar-refractivity contribution is 7.91. The van der Waals surface area contributed by atoms with Crippen molar-refractivity contribution in [2.24, 2.45) is 0 Å². The molecule has 1 aliphatic rings. The molecule has 3 rings (SSSR count). The second-order valence-electron chi connectivity index (χ2n) is 5.70. The van der Waals surface area contributed by atoms with Gasteiger partial charge in [0.1, 0.15) is 5.75 Å². The highest BCUT2D eigenvalue weighted by atomic mass is 32.2. The van der Waals surface area contributed by atoms with Crippen molar-refractivity contribution < 1.29 is 13.2 Å². The van der Waals surface area contributed by atoms with E-state index in [1.807, 2.05) is 31.2 Å². The highest BCUT2D eigenvalue weighted by Crippen LogP contribution is 2.38. The number of ether oxygens (including phenoxy) is 1. The Morgan fingerprint density at radius 3 is 2.62 bits per heavy atom. The van der Waals surface area contributed by atoms with E-state index in [4.69, 9.17) is 4.74 Å². The first kappa shape index (κ1) is 17.2. The SMILES string of the molecule is CCOc1ccc(C2CCCN2S(=O)(=O)c2sc(=O)[nH]c2C)cc1. The quantitative estimate of drug-likeness (QED) is 0.880. The van der Waals surface area contributed by atoms with Gasteiger partial charge in [-0.3, -0.25) is 4.79 Å². The molecule has 0 saturated carbocycles. The Morgan fingerprint density at radius 1 is 1.33 bits per heavy atom. The first-order valence-corrected chi connectivity index (χ1v) is 10.1. The van der Waals surface area contributed by atoms with Crippen LogP contribution in [-0.4, -0.2) is 30.9 Å². The van der Waals surface area contributed by atoms with Gasteiger partial charge < -0.3 is 9.72 Å². The van der Waals surface area contributed by atoms with Gasteiger partial charge in [-0.05, 0) is 44.4 Å². The van der Waals surface area contributed by atoms with Crippen molar-refractivity contribution in [1.82, 2.24) is 9.29 Å². The fourth-order valence-corrected chi connectivity index (χ4v) is 6.15. The van der Waals surface area contributed by atoms with E-state index in [2.05, 4.69) is 4.98 Å². The molecule has 8 heteroatoms. The molecule has 1 saturated heterocycles. The summed E-state index contributed by atoms with van der Waals surface area (Å²) in [7, 11) is -3.68. The minimum absolute atomic E-state index is 0.116. The predicted octanol–water partition coefficient (Wildman–Crippen LogP) is 2.67. The topological polar surface area (TPSA) is 79.5 Å². The summed E-state index contributed by atoms with van der Waals surface area (Å²) in [4.78, 5) is 13.7. The van der Waals surface area contributed by atoms with Crippen LogP contribution in [0.5, 0.6) is 5.75 Å². The molecule has 0 radical (unpaired) electrons. The Balaban J connectivity index is 1.92. The molecule has 1 fully saturated rings. The zero-order valence-corrected chi connectivity index (χ0v) is 15.2. The molecule has 1 N–H and O–H groups in total. The van der Waals surface area contributed by atoms with Crippen molar-refractivity contribution in [1.29, 1.82) is 0 Å². The number of nitrogens with one attached hydrogen (secondary N) is 1. The summed E-state index contributed by atoms with van der Waals surface area (Å²) in [5.41, 5.74) is 1.35. The maximum atomic E-state index is 13.0. The number of hydrogen-bond donors (Lipinski definition) is 1. The molecular formula is C16H20N2O4S2. The number of H-pyrrole nitrogens is 1. The molecule has 2 aromatic rings. The van der Waals surface area contributed by atoms with Crippen LogP contribution in [0.25, 0.3) is 0 Å². The minimum atomic E-state index is -3.68. The predicted molar refractivity (Wildman–Crippen MR) is 93.2 cm³/mol. The number of nitrogens with zero attached hydrogens (tertiary/aromatic N) is 1. The molecule has 0 spiro atoms.